The van der Waals surface area contributed by atoms with Crippen molar-refractivity contribution in [3.63, 3.8) is 0 Å². The second-order valence-electron chi connectivity index (χ2n) is 10.6. The van der Waals surface area contributed by atoms with Crippen LogP contribution in [0.5, 0.6) is 28.7 Å². The molecule has 11 nitrogen and oxygen atoms in total. The van der Waals surface area contributed by atoms with Gasteiger partial charge >= 0.3 is 5.97 Å². The Kier molecular flexibility index (Phi) is 11.1. The van der Waals surface area contributed by atoms with Crippen molar-refractivity contribution in [2.24, 2.45) is 11.7 Å². The lowest BCUT2D eigenvalue weighted by atomic mass is 9.84. The number of para-hydroxylation sites is 2. The van der Waals surface area contributed by atoms with Gasteiger partial charge in [0.05, 0.1) is 33.3 Å². The summed E-state index contributed by atoms with van der Waals surface area (Å²) in [5, 5.41) is 10.5. The summed E-state index contributed by atoms with van der Waals surface area (Å²) < 4.78 is 28.2. The number of hydrogen-bond donors (Lipinski definition) is 2. The Bertz CT molecular complexity index is 1200. The fourth-order valence-electron chi connectivity index (χ4n) is 5.85. The first-order valence-corrected chi connectivity index (χ1v) is 14.6. The molecule has 0 spiro atoms. The SMILES string of the molecule is CCCCN(CCCN)C(=O)CN1C[C@H](c2cc(OC)c3c(c2)OCO3)[C@@H](C(=O)O)[C@@H]1CCOc1ccccc1OC. The van der Waals surface area contributed by atoms with E-state index in [2.05, 4.69) is 6.92 Å². The first-order valence-electron chi connectivity index (χ1n) is 14.6. The van der Waals surface area contributed by atoms with Crippen LogP contribution in [0.2, 0.25) is 0 Å². The largest absolute Gasteiger partial charge is 0.493 e. The van der Waals surface area contributed by atoms with E-state index in [1.165, 1.54) is 0 Å². The van der Waals surface area contributed by atoms with Crippen LogP contribution in [0, 0.1) is 5.92 Å². The quantitative estimate of drug-likeness (QED) is 0.302. The van der Waals surface area contributed by atoms with Crippen LogP contribution < -0.4 is 29.4 Å². The standard InChI is InChI=1S/C31H43N3O8/c1-4-5-13-33(14-8-12-32)28(35)19-34-18-22(21-16-26(39-3)30-27(17-21)41-20-42-30)29(31(36)37)23(34)11-15-40-25-10-7-6-9-24(25)38-2/h6-7,9-10,16-17,22-23,29H,4-5,8,11-15,18-20,32H2,1-3H3,(H,36,37)/t22-,23+,29-/m1/s1. The van der Waals surface area contributed by atoms with Crippen LogP contribution in [0.25, 0.3) is 0 Å². The molecule has 2 aromatic carbocycles. The highest BCUT2D eigenvalue weighted by Crippen LogP contribution is 2.47. The molecule has 3 atom stereocenters. The Hall–Kier alpha value is -3.70. The lowest BCUT2D eigenvalue weighted by Crippen LogP contribution is -2.45. The van der Waals surface area contributed by atoms with Crippen LogP contribution in [0.3, 0.4) is 0 Å². The lowest BCUT2D eigenvalue weighted by molar-refractivity contribution is -0.144. The molecule has 2 aliphatic rings. The molecule has 11 heteroatoms. The van der Waals surface area contributed by atoms with Gasteiger partial charge in [0, 0.05) is 31.6 Å². The van der Waals surface area contributed by atoms with E-state index in [9.17, 15) is 14.7 Å². The molecule has 0 saturated carbocycles. The fourth-order valence-corrected chi connectivity index (χ4v) is 5.85. The maximum Gasteiger partial charge on any atom is 0.308 e. The average Bonchev–Trinajstić information content (AvgIpc) is 3.62. The molecule has 1 fully saturated rings. The molecule has 0 aliphatic carbocycles. The van der Waals surface area contributed by atoms with Crippen molar-refractivity contribution in [2.75, 3.05) is 60.3 Å². The summed E-state index contributed by atoms with van der Waals surface area (Å²) in [5.74, 6) is 0.528. The van der Waals surface area contributed by atoms with Crippen molar-refractivity contribution in [3.8, 4) is 28.7 Å². The Morgan fingerprint density at radius 1 is 1.07 bits per heavy atom. The molecular weight excluding hydrogens is 542 g/mol. The van der Waals surface area contributed by atoms with Crippen LogP contribution in [-0.4, -0.2) is 93.2 Å². The summed E-state index contributed by atoms with van der Waals surface area (Å²) >= 11 is 0. The minimum Gasteiger partial charge on any atom is -0.493 e. The third-order valence-corrected chi connectivity index (χ3v) is 7.99. The van der Waals surface area contributed by atoms with Gasteiger partial charge in [-0.3, -0.25) is 14.5 Å². The monoisotopic (exact) mass is 585 g/mol. The van der Waals surface area contributed by atoms with E-state index in [0.717, 1.165) is 18.4 Å². The van der Waals surface area contributed by atoms with Crippen LogP contribution in [0.4, 0.5) is 0 Å². The molecule has 0 bridgehead atoms. The summed E-state index contributed by atoms with van der Waals surface area (Å²) in [6.45, 7) is 4.62. The second-order valence-corrected chi connectivity index (χ2v) is 10.6. The smallest absolute Gasteiger partial charge is 0.308 e. The summed E-state index contributed by atoms with van der Waals surface area (Å²) in [6, 6.07) is 10.5. The van der Waals surface area contributed by atoms with E-state index in [-0.39, 0.29) is 25.9 Å². The van der Waals surface area contributed by atoms with E-state index in [1.54, 1.807) is 14.2 Å². The van der Waals surface area contributed by atoms with Gasteiger partial charge in [-0.25, -0.2) is 0 Å². The third kappa shape index (κ3) is 7.19. The maximum atomic E-state index is 13.6. The number of rotatable bonds is 16. The second kappa shape index (κ2) is 15.0. The van der Waals surface area contributed by atoms with Gasteiger partial charge in [-0.1, -0.05) is 25.5 Å². The highest BCUT2D eigenvalue weighted by atomic mass is 16.7. The normalized spacial score (nSPS) is 19.5. The van der Waals surface area contributed by atoms with Gasteiger partial charge in [0.2, 0.25) is 18.4 Å². The molecule has 42 heavy (non-hydrogen) atoms. The van der Waals surface area contributed by atoms with Crippen LogP contribution in [-0.2, 0) is 9.59 Å². The topological polar surface area (TPSA) is 133 Å². The number of aliphatic carboxylic acids is 1. The predicted octanol–water partition coefficient (Wildman–Crippen LogP) is 3.35. The number of carboxylic acids is 1. The van der Waals surface area contributed by atoms with Gasteiger partial charge in [-0.2, -0.15) is 0 Å². The molecular formula is C31H43N3O8. The molecule has 1 saturated heterocycles. The van der Waals surface area contributed by atoms with Crippen molar-refractivity contribution in [1.29, 1.82) is 0 Å². The molecule has 4 rings (SSSR count). The van der Waals surface area contributed by atoms with E-state index in [4.69, 9.17) is 29.4 Å². The molecule has 3 N–H and O–H groups in total. The number of likely N-dealkylation sites (tertiary alicyclic amines) is 1. The summed E-state index contributed by atoms with van der Waals surface area (Å²) in [7, 11) is 3.12. The summed E-state index contributed by atoms with van der Waals surface area (Å²) in [6.07, 6.45) is 2.97. The number of hydrogen-bond acceptors (Lipinski definition) is 9. The Morgan fingerprint density at radius 3 is 2.50 bits per heavy atom. The van der Waals surface area contributed by atoms with Gasteiger partial charge in [-0.15, -0.1) is 0 Å². The van der Waals surface area contributed by atoms with Gasteiger partial charge in [0.25, 0.3) is 0 Å². The van der Waals surface area contributed by atoms with Crippen molar-refractivity contribution in [2.45, 2.75) is 44.6 Å². The van der Waals surface area contributed by atoms with Crippen molar-refractivity contribution >= 4 is 11.9 Å². The molecule has 2 aliphatic heterocycles. The molecule has 0 radical (unpaired) electrons. The summed E-state index contributed by atoms with van der Waals surface area (Å²) in [5.41, 5.74) is 6.51. The van der Waals surface area contributed by atoms with Crippen LogP contribution >= 0.6 is 0 Å². The number of carboxylic acid groups (broad SMARTS) is 1. The van der Waals surface area contributed by atoms with Crippen molar-refractivity contribution in [3.05, 3.63) is 42.0 Å². The Balaban J connectivity index is 1.61. The van der Waals surface area contributed by atoms with Crippen molar-refractivity contribution in [1.82, 2.24) is 9.80 Å². The zero-order valence-corrected chi connectivity index (χ0v) is 24.8. The lowest BCUT2D eigenvalue weighted by Gasteiger charge is -2.29. The van der Waals surface area contributed by atoms with Crippen LogP contribution in [0.1, 0.15) is 44.1 Å². The molecule has 230 valence electrons. The van der Waals surface area contributed by atoms with Gasteiger partial charge in [0.1, 0.15) is 0 Å². The Labute approximate surface area is 247 Å². The number of benzene rings is 2. The molecule has 2 aromatic rings. The molecule has 2 heterocycles. The van der Waals surface area contributed by atoms with Gasteiger partial charge in [-0.05, 0) is 55.6 Å². The highest BCUT2D eigenvalue weighted by molar-refractivity contribution is 5.79. The number of carbonyl (C=O) groups excluding carboxylic acids is 1. The predicted molar refractivity (Wildman–Crippen MR) is 157 cm³/mol. The number of ether oxygens (including phenoxy) is 5. The van der Waals surface area contributed by atoms with Gasteiger partial charge < -0.3 is 39.4 Å². The van der Waals surface area contributed by atoms with E-state index in [1.807, 2.05) is 46.2 Å². The number of nitrogens with two attached hydrogens (primary N) is 1. The van der Waals surface area contributed by atoms with E-state index < -0.39 is 23.8 Å². The number of amides is 1. The average molecular weight is 586 g/mol. The third-order valence-electron chi connectivity index (χ3n) is 7.99. The first-order chi connectivity index (χ1) is 20.4. The van der Waals surface area contributed by atoms with E-state index >= 15 is 0 Å². The van der Waals surface area contributed by atoms with Crippen LogP contribution in [0.15, 0.2) is 36.4 Å². The van der Waals surface area contributed by atoms with E-state index in [0.29, 0.717) is 67.8 Å². The minimum absolute atomic E-state index is 0.0272. The maximum absolute atomic E-state index is 13.6. The number of carbonyl (C=O) groups is 2. The number of unbranched alkanes of at least 4 members (excludes halogenated alkanes) is 1. The number of methoxy groups -OCH3 is 2. The fraction of sp³-hybridized carbons (Fsp3) is 0.548. The zero-order chi connectivity index (χ0) is 30.1. The number of nitrogens with zero attached hydrogens (tertiary/aromatic N) is 2. The molecule has 0 aromatic heterocycles. The van der Waals surface area contributed by atoms with Gasteiger partial charge in [0.15, 0.2) is 23.0 Å². The summed E-state index contributed by atoms with van der Waals surface area (Å²) in [4.78, 5) is 30.3. The molecule has 0 unspecified atom stereocenters. The Morgan fingerprint density at radius 2 is 1.81 bits per heavy atom. The molecule has 1 amide bonds. The minimum atomic E-state index is -0.931. The van der Waals surface area contributed by atoms with Crippen molar-refractivity contribution < 1.29 is 38.4 Å². The zero-order valence-electron chi connectivity index (χ0n) is 24.8. The number of fused-ring (bicyclic) bond motifs is 1. The first kappa shape index (κ1) is 31.2. The highest BCUT2D eigenvalue weighted by Gasteiger charge is 2.47.